The predicted octanol–water partition coefficient (Wildman–Crippen LogP) is 7.07. The number of H-pyrrole nitrogens is 2. The van der Waals surface area contributed by atoms with E-state index in [2.05, 4.69) is 43.9 Å². The highest BCUT2D eigenvalue weighted by atomic mass is 19.3. The number of aromatic nitrogens is 4. The van der Waals surface area contributed by atoms with Crippen molar-refractivity contribution in [1.29, 1.82) is 0 Å². The van der Waals surface area contributed by atoms with Gasteiger partial charge in [-0.15, -0.1) is 0 Å². The molecule has 2 aliphatic carbocycles. The second kappa shape index (κ2) is 13.0. The van der Waals surface area contributed by atoms with Gasteiger partial charge in [0.1, 0.15) is 18.2 Å². The molecule has 0 spiro atoms. The molecule has 5 aromatic rings. The van der Waals surface area contributed by atoms with Gasteiger partial charge < -0.3 is 24.9 Å². The molecule has 0 saturated heterocycles. The second-order valence-corrected chi connectivity index (χ2v) is 13.9. The third-order valence-corrected chi connectivity index (χ3v) is 9.74. The number of carbonyl (C=O) groups is 2. The van der Waals surface area contributed by atoms with E-state index in [-0.39, 0.29) is 30.1 Å². The lowest BCUT2D eigenvalue weighted by atomic mass is 9.98. The van der Waals surface area contributed by atoms with Gasteiger partial charge >= 0.3 is 6.09 Å². The minimum Gasteiger partial charge on any atom is -0.453 e. The Bertz CT molecular complexity index is 2080. The molecule has 3 N–H and O–H groups in total. The molecule has 12 heteroatoms. The number of alkyl carbamates (subject to hydrolysis) is 1. The first-order valence-corrected chi connectivity index (χ1v) is 16.9. The van der Waals surface area contributed by atoms with E-state index >= 15 is 8.78 Å². The number of amides is 2. The van der Waals surface area contributed by atoms with Crippen molar-refractivity contribution in [3.8, 4) is 33.5 Å². The number of aromatic amines is 2. The molecule has 3 aromatic carbocycles. The van der Waals surface area contributed by atoms with E-state index in [9.17, 15) is 9.59 Å². The van der Waals surface area contributed by atoms with Gasteiger partial charge in [0.2, 0.25) is 5.91 Å². The molecule has 50 heavy (non-hydrogen) atoms. The molecule has 2 heterocycles. The third-order valence-electron chi connectivity index (χ3n) is 9.74. The molecule has 0 bridgehead atoms. The molecule has 2 aliphatic rings. The summed E-state index contributed by atoms with van der Waals surface area (Å²) in [6.45, 7) is 6.43. The Morgan fingerprint density at radius 1 is 0.940 bits per heavy atom. The molecule has 10 nitrogen and oxygen atoms in total. The fraction of sp³-hybridized carbons (Fsp3) is 0.368. The Hall–Kier alpha value is -5.10. The molecule has 1 fully saturated rings. The van der Waals surface area contributed by atoms with Crippen LogP contribution >= 0.6 is 0 Å². The van der Waals surface area contributed by atoms with Crippen molar-refractivity contribution in [3.05, 3.63) is 83.6 Å². The van der Waals surface area contributed by atoms with E-state index in [1.165, 1.54) is 26.0 Å². The van der Waals surface area contributed by atoms with E-state index in [0.29, 0.717) is 52.2 Å². The van der Waals surface area contributed by atoms with Crippen molar-refractivity contribution >= 4 is 23.0 Å². The Balaban J connectivity index is 1.09. The summed E-state index contributed by atoms with van der Waals surface area (Å²) < 4.78 is 36.9. The van der Waals surface area contributed by atoms with Crippen molar-refractivity contribution in [2.45, 2.75) is 52.1 Å². The van der Waals surface area contributed by atoms with Gasteiger partial charge in [-0.25, -0.2) is 14.8 Å². The summed E-state index contributed by atoms with van der Waals surface area (Å²) in [5.74, 6) is -2.11. The van der Waals surface area contributed by atoms with E-state index in [1.54, 1.807) is 35.4 Å². The number of benzene rings is 3. The average molecular weight is 682 g/mol. The number of alkyl halides is 2. The van der Waals surface area contributed by atoms with Crippen LogP contribution in [0, 0.1) is 5.41 Å². The average Bonchev–Trinajstić information content (AvgIpc) is 3.40. The number of carbonyl (C=O) groups excluding carboxylic acids is 2. The lowest BCUT2D eigenvalue weighted by Crippen LogP contribution is -2.40. The van der Waals surface area contributed by atoms with Crippen LogP contribution in [-0.2, 0) is 28.5 Å². The first-order valence-electron chi connectivity index (χ1n) is 16.9. The number of fused-ring (bicyclic) bond motifs is 4. The number of nitrogens with zero attached hydrogens (tertiary/aromatic N) is 4. The summed E-state index contributed by atoms with van der Waals surface area (Å²) in [6.07, 6.45) is 4.13. The number of methoxy groups -OCH3 is 1. The summed E-state index contributed by atoms with van der Waals surface area (Å²) in [5.41, 5.74) is 5.73. The van der Waals surface area contributed by atoms with Gasteiger partial charge in [-0.3, -0.25) is 9.69 Å². The molecular formula is C38H41F2N7O3. The van der Waals surface area contributed by atoms with E-state index in [1.807, 2.05) is 31.2 Å². The summed E-state index contributed by atoms with van der Waals surface area (Å²) in [4.78, 5) is 43.8. The van der Waals surface area contributed by atoms with Gasteiger partial charge in [0.25, 0.3) is 5.92 Å². The molecule has 0 radical (unpaired) electrons. The Kier molecular flexibility index (Phi) is 8.67. The molecule has 7 rings (SSSR count). The van der Waals surface area contributed by atoms with Crippen molar-refractivity contribution in [3.63, 3.8) is 0 Å². The lowest BCUT2D eigenvalue weighted by molar-refractivity contribution is -0.130. The van der Waals surface area contributed by atoms with Gasteiger partial charge in [0.15, 0.2) is 0 Å². The van der Waals surface area contributed by atoms with Crippen LogP contribution in [-0.4, -0.2) is 75.5 Å². The Morgan fingerprint density at radius 3 is 2.32 bits per heavy atom. The first-order chi connectivity index (χ1) is 24.0. The minimum absolute atomic E-state index is 0.0256. The largest absolute Gasteiger partial charge is 0.453 e. The van der Waals surface area contributed by atoms with Crippen LogP contribution in [0.1, 0.15) is 55.9 Å². The van der Waals surface area contributed by atoms with Gasteiger partial charge in [-0.2, -0.15) is 8.78 Å². The number of nitrogens with one attached hydrogen (secondary N) is 3. The first kappa shape index (κ1) is 33.4. The zero-order valence-corrected chi connectivity index (χ0v) is 28.7. The van der Waals surface area contributed by atoms with Crippen molar-refractivity contribution < 1.29 is 23.1 Å². The van der Waals surface area contributed by atoms with E-state index in [4.69, 9.17) is 4.98 Å². The molecule has 0 aliphatic heterocycles. The van der Waals surface area contributed by atoms with Crippen LogP contribution in [0.3, 0.4) is 0 Å². The van der Waals surface area contributed by atoms with Crippen LogP contribution in [0.15, 0.2) is 60.8 Å². The SMILES string of the molecule is CCCN(Cc1ncc(-c2ccc3c(c2)C(F)(F)c2cc(-c4ccc5nc(CN(C)CC6(C)CC6)[nH]c5c4)ccc2-3)[nH]1)C(=O)CNC(=O)OC. The maximum absolute atomic E-state index is 16.2. The lowest BCUT2D eigenvalue weighted by Gasteiger charge is -2.21. The molecule has 0 unspecified atom stereocenters. The monoisotopic (exact) mass is 681 g/mol. The minimum atomic E-state index is -3.20. The molecule has 2 aromatic heterocycles. The van der Waals surface area contributed by atoms with Crippen LogP contribution in [0.2, 0.25) is 0 Å². The molecule has 2 amide bonds. The maximum Gasteiger partial charge on any atom is 0.407 e. The number of hydrogen-bond donors (Lipinski definition) is 3. The van der Waals surface area contributed by atoms with Crippen molar-refractivity contribution in [1.82, 2.24) is 35.1 Å². The number of halogens is 2. The molecular weight excluding hydrogens is 640 g/mol. The highest BCUT2D eigenvalue weighted by Crippen LogP contribution is 2.52. The fourth-order valence-electron chi connectivity index (χ4n) is 6.89. The quantitative estimate of drug-likeness (QED) is 0.130. The fourth-order valence-corrected chi connectivity index (χ4v) is 6.89. The number of ether oxygens (including phenoxy) is 1. The van der Waals surface area contributed by atoms with Crippen LogP contribution in [0.25, 0.3) is 44.5 Å². The van der Waals surface area contributed by atoms with Crippen LogP contribution in [0.4, 0.5) is 13.6 Å². The zero-order chi connectivity index (χ0) is 35.2. The Labute approximate surface area is 289 Å². The van der Waals surface area contributed by atoms with Gasteiger partial charge in [-0.1, -0.05) is 44.2 Å². The second-order valence-electron chi connectivity index (χ2n) is 13.9. The van der Waals surface area contributed by atoms with Crippen LogP contribution < -0.4 is 5.32 Å². The highest BCUT2D eigenvalue weighted by molar-refractivity contribution is 5.87. The maximum atomic E-state index is 16.2. The normalized spacial score (nSPS) is 15.2. The smallest absolute Gasteiger partial charge is 0.407 e. The standard InChI is InChI=1S/C38H41F2N7O3/c1-5-14-47(35(48)19-42-36(49)50-4)21-33-41-18-32(45-33)25-7-10-27-26-9-6-23(15-28(26)38(39,40)29(27)16-25)24-8-11-30-31(17-24)44-34(43-30)20-46(3)22-37(2)12-13-37/h6-11,15-18H,5,12-14,19-22H2,1-4H3,(H,41,45)(H,42,49)(H,43,44). The summed E-state index contributed by atoms with van der Waals surface area (Å²) >= 11 is 0. The number of imidazole rings is 2. The predicted molar refractivity (Wildman–Crippen MR) is 187 cm³/mol. The van der Waals surface area contributed by atoms with Crippen LogP contribution in [0.5, 0.6) is 0 Å². The molecule has 0 atom stereocenters. The van der Waals surface area contributed by atoms with Crippen molar-refractivity contribution in [2.24, 2.45) is 5.41 Å². The summed E-state index contributed by atoms with van der Waals surface area (Å²) in [6, 6.07) is 16.2. The molecule has 1 saturated carbocycles. The van der Waals surface area contributed by atoms with Gasteiger partial charge in [0.05, 0.1) is 43.1 Å². The van der Waals surface area contributed by atoms with Gasteiger partial charge in [0, 0.05) is 29.8 Å². The zero-order valence-electron chi connectivity index (χ0n) is 28.7. The molecule has 260 valence electrons. The topological polar surface area (TPSA) is 119 Å². The van der Waals surface area contributed by atoms with E-state index in [0.717, 1.165) is 35.5 Å². The van der Waals surface area contributed by atoms with Gasteiger partial charge in [-0.05, 0) is 78.2 Å². The summed E-state index contributed by atoms with van der Waals surface area (Å²) in [7, 11) is 3.34. The van der Waals surface area contributed by atoms with E-state index < -0.39 is 12.0 Å². The van der Waals surface area contributed by atoms with Crippen molar-refractivity contribution in [2.75, 3.05) is 33.8 Å². The number of hydrogen-bond acceptors (Lipinski definition) is 6. The highest BCUT2D eigenvalue weighted by Gasteiger charge is 2.45. The number of rotatable bonds is 12. The summed E-state index contributed by atoms with van der Waals surface area (Å²) in [5, 5.41) is 2.40. The third kappa shape index (κ3) is 6.59. The Morgan fingerprint density at radius 2 is 1.62 bits per heavy atom.